The van der Waals surface area contributed by atoms with Crippen LogP contribution < -0.4 is 5.32 Å². The Bertz CT molecular complexity index is 716. The highest BCUT2D eigenvalue weighted by molar-refractivity contribution is 5.22. The molecule has 1 aliphatic carbocycles. The van der Waals surface area contributed by atoms with Crippen LogP contribution >= 0.6 is 0 Å². The average Bonchev–Trinajstić information content (AvgIpc) is 3.26. The van der Waals surface area contributed by atoms with Crippen LogP contribution in [-0.2, 0) is 25.4 Å². The van der Waals surface area contributed by atoms with Crippen LogP contribution in [-0.4, -0.2) is 32.0 Å². The normalized spacial score (nSPS) is 24.8. The minimum atomic E-state index is 0.139. The molecule has 2 atom stereocenters. The Morgan fingerprint density at radius 2 is 2.04 bits per heavy atom. The average molecular weight is 358 g/mol. The van der Waals surface area contributed by atoms with Gasteiger partial charge in [-0.3, -0.25) is 4.68 Å². The molecule has 0 radical (unpaired) electrons. The molecule has 0 unspecified atom stereocenters. The van der Waals surface area contributed by atoms with E-state index in [9.17, 15) is 0 Å². The van der Waals surface area contributed by atoms with E-state index in [-0.39, 0.29) is 6.10 Å². The number of hydrogen-bond donors (Lipinski definition) is 1. The molecule has 6 nitrogen and oxygen atoms in total. The van der Waals surface area contributed by atoms with Crippen molar-refractivity contribution in [1.82, 2.24) is 24.6 Å². The molecule has 2 fully saturated rings. The molecule has 0 aromatic carbocycles. The highest BCUT2D eigenvalue weighted by atomic mass is 16.5. The predicted molar refractivity (Wildman–Crippen MR) is 101 cm³/mol. The Kier molecular flexibility index (Phi) is 5.41. The van der Waals surface area contributed by atoms with Crippen molar-refractivity contribution in [3.63, 3.8) is 0 Å². The molecular weight excluding hydrogens is 326 g/mol. The van der Waals surface area contributed by atoms with E-state index in [1.165, 1.54) is 49.1 Å². The van der Waals surface area contributed by atoms with Gasteiger partial charge in [-0.05, 0) is 25.7 Å². The second kappa shape index (κ2) is 7.92. The zero-order valence-electron chi connectivity index (χ0n) is 16.0. The molecule has 0 bridgehead atoms. The fourth-order valence-corrected chi connectivity index (χ4v) is 4.53. The van der Waals surface area contributed by atoms with Crippen molar-refractivity contribution in [2.45, 2.75) is 69.6 Å². The standard InChI is InChI=1S/C20H31N5O/c1-24-14-21-12-18(24)19-10-17(8-9-26-19)22-11-16-13-25(2)23-20(16)15-6-4-3-5-7-15/h12-15,17,19,22H,3-11H2,1-2H3/t17-,19-/m1/s1. The number of nitrogens with zero attached hydrogens (tertiary/aromatic N) is 4. The first kappa shape index (κ1) is 17.7. The van der Waals surface area contributed by atoms with E-state index in [0.29, 0.717) is 12.0 Å². The van der Waals surface area contributed by atoms with Crippen molar-refractivity contribution in [2.75, 3.05) is 6.61 Å². The van der Waals surface area contributed by atoms with Crippen molar-refractivity contribution < 1.29 is 4.74 Å². The van der Waals surface area contributed by atoms with Crippen LogP contribution in [0, 0.1) is 0 Å². The molecule has 0 amide bonds. The lowest BCUT2D eigenvalue weighted by atomic mass is 9.85. The van der Waals surface area contributed by atoms with Crippen molar-refractivity contribution in [2.24, 2.45) is 14.1 Å². The van der Waals surface area contributed by atoms with Crippen LogP contribution in [0.5, 0.6) is 0 Å². The first-order chi connectivity index (χ1) is 12.7. The molecule has 1 saturated carbocycles. The summed E-state index contributed by atoms with van der Waals surface area (Å²) >= 11 is 0. The molecule has 6 heteroatoms. The fourth-order valence-electron chi connectivity index (χ4n) is 4.53. The molecule has 3 heterocycles. The van der Waals surface area contributed by atoms with Gasteiger partial charge in [0, 0.05) is 51.0 Å². The topological polar surface area (TPSA) is 56.9 Å². The number of rotatable bonds is 5. The van der Waals surface area contributed by atoms with E-state index < -0.39 is 0 Å². The third-order valence-corrected chi connectivity index (χ3v) is 5.98. The van der Waals surface area contributed by atoms with Gasteiger partial charge < -0.3 is 14.6 Å². The Hall–Kier alpha value is -1.66. The molecule has 2 aliphatic rings. The lowest BCUT2D eigenvalue weighted by Crippen LogP contribution is -2.36. The van der Waals surface area contributed by atoms with Gasteiger partial charge >= 0.3 is 0 Å². The van der Waals surface area contributed by atoms with E-state index in [2.05, 4.69) is 21.1 Å². The van der Waals surface area contributed by atoms with Gasteiger partial charge in [-0.25, -0.2) is 4.98 Å². The quantitative estimate of drug-likeness (QED) is 0.893. The summed E-state index contributed by atoms with van der Waals surface area (Å²) in [4.78, 5) is 4.23. The van der Waals surface area contributed by atoms with Gasteiger partial charge in [-0.15, -0.1) is 0 Å². The Labute approximate surface area is 155 Å². The lowest BCUT2D eigenvalue weighted by molar-refractivity contribution is -0.00405. The molecule has 26 heavy (non-hydrogen) atoms. The highest BCUT2D eigenvalue weighted by Gasteiger charge is 2.27. The number of hydrogen-bond acceptors (Lipinski definition) is 4. The van der Waals surface area contributed by atoms with Gasteiger partial charge in [0.25, 0.3) is 0 Å². The molecule has 2 aromatic heterocycles. The summed E-state index contributed by atoms with van der Waals surface area (Å²) in [6.07, 6.45) is 14.8. The lowest BCUT2D eigenvalue weighted by Gasteiger charge is -2.30. The molecule has 4 rings (SSSR count). The monoisotopic (exact) mass is 357 g/mol. The van der Waals surface area contributed by atoms with Gasteiger partial charge in [0.1, 0.15) is 6.10 Å². The van der Waals surface area contributed by atoms with E-state index in [0.717, 1.165) is 26.0 Å². The van der Waals surface area contributed by atoms with E-state index >= 15 is 0 Å². The molecule has 1 N–H and O–H groups in total. The summed E-state index contributed by atoms with van der Waals surface area (Å²) < 4.78 is 10.0. The summed E-state index contributed by atoms with van der Waals surface area (Å²) in [5.41, 5.74) is 3.87. The predicted octanol–water partition coefficient (Wildman–Crippen LogP) is 3.21. The second-order valence-electron chi connectivity index (χ2n) is 7.94. The van der Waals surface area contributed by atoms with E-state index in [1.54, 1.807) is 0 Å². The molecule has 1 saturated heterocycles. The Balaban J connectivity index is 1.39. The van der Waals surface area contributed by atoms with E-state index in [4.69, 9.17) is 9.84 Å². The maximum atomic E-state index is 5.99. The first-order valence-electron chi connectivity index (χ1n) is 10.0. The van der Waals surface area contributed by atoms with Crippen molar-refractivity contribution >= 4 is 0 Å². The summed E-state index contributed by atoms with van der Waals surface area (Å²) in [7, 11) is 4.08. The number of ether oxygens (including phenoxy) is 1. The van der Waals surface area contributed by atoms with Crippen molar-refractivity contribution in [3.05, 3.63) is 35.7 Å². The van der Waals surface area contributed by atoms with Gasteiger partial charge in [0.15, 0.2) is 0 Å². The van der Waals surface area contributed by atoms with Crippen molar-refractivity contribution in [1.29, 1.82) is 0 Å². The maximum absolute atomic E-state index is 5.99. The van der Waals surface area contributed by atoms with E-state index in [1.807, 2.05) is 31.3 Å². The first-order valence-corrected chi connectivity index (χ1v) is 10.0. The molecule has 1 aliphatic heterocycles. The van der Waals surface area contributed by atoms with Gasteiger partial charge in [-0.1, -0.05) is 19.3 Å². The third kappa shape index (κ3) is 3.86. The van der Waals surface area contributed by atoms with Crippen molar-refractivity contribution in [3.8, 4) is 0 Å². The SMILES string of the molecule is Cn1cc(CN[C@@H]2CCO[C@@H](c3cncn3C)C2)c(C2CCCCC2)n1. The summed E-state index contributed by atoms with van der Waals surface area (Å²) in [5, 5.41) is 8.58. The van der Waals surface area contributed by atoms with Gasteiger partial charge in [-0.2, -0.15) is 5.10 Å². The highest BCUT2D eigenvalue weighted by Crippen LogP contribution is 2.34. The number of aryl methyl sites for hydroxylation is 2. The zero-order chi connectivity index (χ0) is 17.9. The largest absolute Gasteiger partial charge is 0.372 e. The van der Waals surface area contributed by atoms with Crippen LogP contribution in [0.1, 0.15) is 73.9 Å². The van der Waals surface area contributed by atoms with Crippen LogP contribution in [0.4, 0.5) is 0 Å². The number of imidazole rings is 1. The van der Waals surface area contributed by atoms with Crippen LogP contribution in [0.25, 0.3) is 0 Å². The van der Waals surface area contributed by atoms with Crippen LogP contribution in [0.2, 0.25) is 0 Å². The Morgan fingerprint density at radius 1 is 1.19 bits per heavy atom. The molecule has 2 aromatic rings. The minimum Gasteiger partial charge on any atom is -0.372 e. The molecule has 142 valence electrons. The molecular formula is C20H31N5O. The zero-order valence-corrected chi connectivity index (χ0v) is 16.0. The summed E-state index contributed by atoms with van der Waals surface area (Å²) in [5.74, 6) is 0.652. The van der Waals surface area contributed by atoms with Gasteiger partial charge in [0.2, 0.25) is 0 Å². The smallest absolute Gasteiger partial charge is 0.100 e. The molecule has 0 spiro atoms. The summed E-state index contributed by atoms with van der Waals surface area (Å²) in [6, 6.07) is 0.475. The minimum absolute atomic E-state index is 0.139. The third-order valence-electron chi connectivity index (χ3n) is 5.98. The van der Waals surface area contributed by atoms with Crippen LogP contribution in [0.15, 0.2) is 18.7 Å². The van der Waals surface area contributed by atoms with Crippen LogP contribution in [0.3, 0.4) is 0 Å². The number of aromatic nitrogens is 4. The Morgan fingerprint density at radius 3 is 2.81 bits per heavy atom. The fraction of sp³-hybridized carbons (Fsp3) is 0.700. The summed E-state index contributed by atoms with van der Waals surface area (Å²) in [6.45, 7) is 1.71. The van der Waals surface area contributed by atoms with Gasteiger partial charge in [0.05, 0.1) is 23.9 Å². The number of nitrogens with one attached hydrogen (secondary N) is 1. The maximum Gasteiger partial charge on any atom is 0.100 e. The second-order valence-corrected chi connectivity index (χ2v) is 7.94.